The van der Waals surface area contributed by atoms with Crippen LogP contribution in [0.15, 0.2) is 0 Å². The molecule has 3 heteroatoms. The third kappa shape index (κ3) is 11.4. The van der Waals surface area contributed by atoms with Gasteiger partial charge in [-0.05, 0) is 20.8 Å². The molecule has 9 heavy (non-hydrogen) atoms. The summed E-state index contributed by atoms with van der Waals surface area (Å²) >= 11 is 0. The fraction of sp³-hybridized carbons (Fsp3) is 0.833. The Morgan fingerprint density at radius 1 is 1.33 bits per heavy atom. The summed E-state index contributed by atoms with van der Waals surface area (Å²) in [6.45, 7) is 6.93. The van der Waals surface area contributed by atoms with Crippen molar-refractivity contribution in [3.63, 3.8) is 0 Å². The first-order valence-corrected chi connectivity index (χ1v) is 2.61. The monoisotopic (exact) mass is 152 g/mol. The van der Waals surface area contributed by atoms with Crippen LogP contribution in [0.4, 0.5) is 0 Å². The molecule has 0 heterocycles. The molecule has 0 amide bonds. The molecule has 56 valence electrons. The van der Waals surface area contributed by atoms with Gasteiger partial charge in [-0.2, -0.15) is 0 Å². The highest BCUT2D eigenvalue weighted by Gasteiger charge is 2.11. The fourth-order valence-corrected chi connectivity index (χ4v) is 0.431. The fourth-order valence-electron chi connectivity index (χ4n) is 0.431. The average molecular weight is 153 g/mol. The topological polar surface area (TPSA) is 26.3 Å². The Bertz CT molecular complexity index is 93.7. The van der Waals surface area contributed by atoms with Crippen LogP contribution in [0.2, 0.25) is 0 Å². The van der Waals surface area contributed by atoms with Gasteiger partial charge in [-0.3, -0.25) is 4.79 Å². The van der Waals surface area contributed by atoms with Crippen molar-refractivity contribution in [1.82, 2.24) is 0 Å². The van der Waals surface area contributed by atoms with Crippen LogP contribution >= 0.6 is 12.4 Å². The molecule has 0 spiro atoms. The predicted octanol–water partition coefficient (Wildman–Crippen LogP) is 1.77. The van der Waals surface area contributed by atoms with E-state index in [0.717, 1.165) is 0 Å². The van der Waals surface area contributed by atoms with Crippen molar-refractivity contribution in [2.45, 2.75) is 33.3 Å². The summed E-state index contributed by atoms with van der Waals surface area (Å²) in [5, 5.41) is 0. The van der Waals surface area contributed by atoms with Crippen LogP contribution in [-0.4, -0.2) is 11.6 Å². The van der Waals surface area contributed by atoms with Gasteiger partial charge in [-0.1, -0.05) is 0 Å². The normalized spacial score (nSPS) is 9.78. The lowest BCUT2D eigenvalue weighted by Gasteiger charge is -2.17. The number of hydrogen-bond acceptors (Lipinski definition) is 2. The van der Waals surface area contributed by atoms with Crippen LogP contribution in [0.25, 0.3) is 0 Å². The lowest BCUT2D eigenvalue weighted by Crippen LogP contribution is -2.21. The number of esters is 1. The van der Waals surface area contributed by atoms with Crippen molar-refractivity contribution in [2.75, 3.05) is 0 Å². The zero-order valence-electron chi connectivity index (χ0n) is 6.22. The number of halogens is 1. The summed E-state index contributed by atoms with van der Waals surface area (Å²) in [6.07, 6.45) is 0. The minimum atomic E-state index is -0.328. The van der Waals surface area contributed by atoms with Gasteiger partial charge in [-0.25, -0.2) is 0 Å². The Morgan fingerprint density at radius 3 is 1.67 bits per heavy atom. The van der Waals surface area contributed by atoms with Crippen molar-refractivity contribution in [2.24, 2.45) is 0 Å². The Morgan fingerprint density at radius 2 is 1.67 bits per heavy atom. The molecule has 0 unspecified atom stereocenters. The summed E-state index contributed by atoms with van der Waals surface area (Å²) in [6, 6.07) is 0. The number of hydrogen-bond donors (Lipinski definition) is 0. The van der Waals surface area contributed by atoms with Crippen LogP contribution in [0.1, 0.15) is 27.7 Å². The molecule has 0 N–H and O–H groups in total. The SMILES string of the molecule is CC(=O)OC(C)(C)C.Cl. The van der Waals surface area contributed by atoms with E-state index >= 15 is 0 Å². The van der Waals surface area contributed by atoms with Gasteiger partial charge in [0.2, 0.25) is 0 Å². The summed E-state index contributed by atoms with van der Waals surface area (Å²) in [7, 11) is 0. The van der Waals surface area contributed by atoms with Crippen molar-refractivity contribution >= 4 is 18.4 Å². The number of rotatable bonds is 0. The van der Waals surface area contributed by atoms with Crippen LogP contribution in [0, 0.1) is 0 Å². The van der Waals surface area contributed by atoms with Gasteiger partial charge >= 0.3 is 5.97 Å². The minimum Gasteiger partial charge on any atom is -0.460 e. The molecular weight excluding hydrogens is 140 g/mol. The van der Waals surface area contributed by atoms with Gasteiger partial charge in [0.1, 0.15) is 5.60 Å². The summed E-state index contributed by atoms with van der Waals surface area (Å²) in [5.74, 6) is -0.225. The maximum absolute atomic E-state index is 10.2. The van der Waals surface area contributed by atoms with Gasteiger partial charge in [0, 0.05) is 6.92 Å². The first-order chi connectivity index (χ1) is 3.42. The second kappa shape index (κ2) is 3.72. The van der Waals surface area contributed by atoms with Gasteiger partial charge < -0.3 is 4.74 Å². The van der Waals surface area contributed by atoms with E-state index in [2.05, 4.69) is 0 Å². The van der Waals surface area contributed by atoms with E-state index in [9.17, 15) is 4.79 Å². The molecular formula is C6H13ClO2. The van der Waals surface area contributed by atoms with E-state index < -0.39 is 0 Å². The average Bonchev–Trinajstić information content (AvgIpc) is 1.21. The zero-order chi connectivity index (χ0) is 6.78. The van der Waals surface area contributed by atoms with Crippen molar-refractivity contribution < 1.29 is 9.53 Å². The summed E-state index contributed by atoms with van der Waals surface area (Å²) in [4.78, 5) is 10.2. The zero-order valence-corrected chi connectivity index (χ0v) is 7.04. The van der Waals surface area contributed by atoms with Crippen molar-refractivity contribution in [3.05, 3.63) is 0 Å². The first-order valence-electron chi connectivity index (χ1n) is 2.61. The van der Waals surface area contributed by atoms with E-state index in [4.69, 9.17) is 4.74 Å². The Labute approximate surface area is 62.0 Å². The molecule has 0 aliphatic heterocycles. The molecule has 0 aromatic carbocycles. The lowest BCUT2D eigenvalue weighted by molar-refractivity contribution is -0.151. The van der Waals surface area contributed by atoms with E-state index in [1.807, 2.05) is 20.8 Å². The highest BCUT2D eigenvalue weighted by molar-refractivity contribution is 5.85. The van der Waals surface area contributed by atoms with Crippen LogP contribution < -0.4 is 0 Å². The molecule has 2 nitrogen and oxygen atoms in total. The van der Waals surface area contributed by atoms with E-state index in [0.29, 0.717) is 0 Å². The Balaban J connectivity index is 0. The molecule has 0 saturated carbocycles. The number of carbonyl (C=O) groups is 1. The molecule has 0 aromatic rings. The van der Waals surface area contributed by atoms with Gasteiger partial charge in [-0.15, -0.1) is 12.4 Å². The molecule has 0 fully saturated rings. The van der Waals surface area contributed by atoms with Gasteiger partial charge in [0.15, 0.2) is 0 Å². The maximum Gasteiger partial charge on any atom is 0.303 e. The second-order valence-electron chi connectivity index (χ2n) is 2.71. The number of carbonyl (C=O) groups excluding carboxylic acids is 1. The van der Waals surface area contributed by atoms with Crippen molar-refractivity contribution in [3.8, 4) is 0 Å². The highest BCUT2D eigenvalue weighted by Crippen LogP contribution is 2.05. The maximum atomic E-state index is 10.2. The molecule has 0 bridgehead atoms. The lowest BCUT2D eigenvalue weighted by atomic mass is 10.2. The molecule has 0 atom stereocenters. The Kier molecular flexibility index (Phi) is 4.77. The minimum absolute atomic E-state index is 0. The van der Waals surface area contributed by atoms with Crippen molar-refractivity contribution in [1.29, 1.82) is 0 Å². The standard InChI is InChI=1S/C6H12O2.ClH/c1-5(7)8-6(2,3)4;/h1-4H3;1H. The summed E-state index contributed by atoms with van der Waals surface area (Å²) in [5.41, 5.74) is -0.328. The third-order valence-electron chi connectivity index (χ3n) is 0.450. The third-order valence-corrected chi connectivity index (χ3v) is 0.450. The van der Waals surface area contributed by atoms with Crippen LogP contribution in [-0.2, 0) is 9.53 Å². The van der Waals surface area contributed by atoms with E-state index in [-0.39, 0.29) is 24.0 Å². The smallest absolute Gasteiger partial charge is 0.303 e. The highest BCUT2D eigenvalue weighted by atomic mass is 35.5. The second-order valence-corrected chi connectivity index (χ2v) is 2.71. The largest absolute Gasteiger partial charge is 0.460 e. The van der Waals surface area contributed by atoms with Gasteiger partial charge in [0.25, 0.3) is 0 Å². The van der Waals surface area contributed by atoms with E-state index in [1.165, 1.54) is 6.92 Å². The molecule has 0 radical (unpaired) electrons. The molecule has 0 aliphatic rings. The predicted molar refractivity (Wildman–Crippen MR) is 38.8 cm³/mol. The molecule has 0 aliphatic carbocycles. The van der Waals surface area contributed by atoms with Crippen LogP contribution in [0.5, 0.6) is 0 Å². The first kappa shape index (κ1) is 11.5. The molecule has 0 saturated heterocycles. The quantitative estimate of drug-likeness (QED) is 0.495. The van der Waals surface area contributed by atoms with Crippen LogP contribution in [0.3, 0.4) is 0 Å². The summed E-state index contributed by atoms with van der Waals surface area (Å²) < 4.78 is 4.80. The molecule has 0 aromatic heterocycles. The van der Waals surface area contributed by atoms with E-state index in [1.54, 1.807) is 0 Å². The van der Waals surface area contributed by atoms with Gasteiger partial charge in [0.05, 0.1) is 0 Å². The number of ether oxygens (including phenoxy) is 1. The Hall–Kier alpha value is -0.240. The molecule has 0 rings (SSSR count).